The molecule has 0 fully saturated rings. The SMILES string of the molecule is CC(C)NC(=O)CCCCCCOP(=O)([O-])OC(C)C. The van der Waals surface area contributed by atoms with Crippen molar-refractivity contribution in [2.45, 2.75) is 71.9 Å². The molecule has 120 valence electrons. The fourth-order valence-electron chi connectivity index (χ4n) is 1.60. The third-order valence-electron chi connectivity index (χ3n) is 2.34. The minimum absolute atomic E-state index is 0.0608. The van der Waals surface area contributed by atoms with E-state index < -0.39 is 13.9 Å². The van der Waals surface area contributed by atoms with Crippen molar-refractivity contribution in [3.8, 4) is 0 Å². The van der Waals surface area contributed by atoms with E-state index in [1.54, 1.807) is 13.8 Å². The van der Waals surface area contributed by atoms with Gasteiger partial charge in [0.05, 0.1) is 12.7 Å². The largest absolute Gasteiger partial charge is 0.756 e. The van der Waals surface area contributed by atoms with Crippen LogP contribution >= 0.6 is 7.82 Å². The van der Waals surface area contributed by atoms with Crippen molar-refractivity contribution in [2.75, 3.05) is 6.61 Å². The normalized spacial score (nSPS) is 14.6. The van der Waals surface area contributed by atoms with Crippen LogP contribution < -0.4 is 10.2 Å². The van der Waals surface area contributed by atoms with Crippen LogP contribution in [0.4, 0.5) is 0 Å². The van der Waals surface area contributed by atoms with Gasteiger partial charge in [0.2, 0.25) is 5.91 Å². The van der Waals surface area contributed by atoms with Crippen molar-refractivity contribution in [1.29, 1.82) is 0 Å². The van der Waals surface area contributed by atoms with Crippen LogP contribution in [0.3, 0.4) is 0 Å². The van der Waals surface area contributed by atoms with Gasteiger partial charge in [-0.1, -0.05) is 12.8 Å². The van der Waals surface area contributed by atoms with Gasteiger partial charge in [-0.15, -0.1) is 0 Å². The number of carbonyl (C=O) groups excluding carboxylic acids is 1. The van der Waals surface area contributed by atoms with E-state index in [0.717, 1.165) is 19.3 Å². The summed E-state index contributed by atoms with van der Waals surface area (Å²) in [5, 5.41) is 2.82. The molecule has 0 aliphatic carbocycles. The summed E-state index contributed by atoms with van der Waals surface area (Å²) in [4.78, 5) is 22.6. The predicted octanol–water partition coefficient (Wildman–Crippen LogP) is 2.37. The van der Waals surface area contributed by atoms with Gasteiger partial charge in [-0.25, -0.2) is 0 Å². The van der Waals surface area contributed by atoms with E-state index in [0.29, 0.717) is 12.8 Å². The number of rotatable bonds is 11. The Morgan fingerprint density at radius 1 is 1.15 bits per heavy atom. The summed E-state index contributed by atoms with van der Waals surface area (Å²) in [5.41, 5.74) is 0. The van der Waals surface area contributed by atoms with Crippen LogP contribution in [0.15, 0.2) is 0 Å². The summed E-state index contributed by atoms with van der Waals surface area (Å²) in [5.74, 6) is 0.0608. The number of carbonyl (C=O) groups is 1. The maximum atomic E-state index is 11.3. The third kappa shape index (κ3) is 12.6. The van der Waals surface area contributed by atoms with E-state index in [1.165, 1.54) is 0 Å². The van der Waals surface area contributed by atoms with Crippen molar-refractivity contribution in [3.05, 3.63) is 0 Å². The highest BCUT2D eigenvalue weighted by atomic mass is 31.2. The molecule has 0 radical (unpaired) electrons. The standard InChI is InChI=1S/C13H28NO5P/c1-11(2)14-13(15)9-7-5-6-8-10-18-20(16,17)19-12(3)4/h11-12H,5-10H2,1-4H3,(H,14,15)(H,16,17)/p-1. The second-order valence-corrected chi connectivity index (χ2v) is 6.68. The Morgan fingerprint density at radius 2 is 1.75 bits per heavy atom. The Balaban J connectivity index is 3.49. The maximum Gasteiger partial charge on any atom is 0.268 e. The molecule has 1 N–H and O–H groups in total. The Bertz CT molecular complexity index is 320. The molecule has 0 saturated heterocycles. The first kappa shape index (κ1) is 19.6. The minimum Gasteiger partial charge on any atom is -0.756 e. The van der Waals surface area contributed by atoms with E-state index in [9.17, 15) is 14.3 Å². The highest BCUT2D eigenvalue weighted by Crippen LogP contribution is 2.39. The Kier molecular flexibility index (Phi) is 10.1. The Labute approximate surface area is 121 Å². The van der Waals surface area contributed by atoms with E-state index in [-0.39, 0.29) is 18.6 Å². The molecule has 0 bridgehead atoms. The van der Waals surface area contributed by atoms with Crippen molar-refractivity contribution in [1.82, 2.24) is 5.32 Å². The topological polar surface area (TPSA) is 87.7 Å². The second kappa shape index (κ2) is 10.3. The first-order chi connectivity index (χ1) is 9.23. The zero-order chi connectivity index (χ0) is 15.6. The summed E-state index contributed by atoms with van der Waals surface area (Å²) in [6, 6.07) is 0.169. The lowest BCUT2D eigenvalue weighted by Crippen LogP contribution is -2.29. The zero-order valence-corrected chi connectivity index (χ0v) is 13.8. The Morgan fingerprint density at radius 3 is 2.30 bits per heavy atom. The number of hydrogen-bond acceptors (Lipinski definition) is 5. The van der Waals surface area contributed by atoms with Crippen molar-refractivity contribution >= 4 is 13.7 Å². The molecule has 1 unspecified atom stereocenters. The molecule has 0 aliphatic rings. The third-order valence-corrected chi connectivity index (χ3v) is 3.52. The molecule has 1 amide bonds. The number of phosphoric acid groups is 1. The molecular formula is C13H27NO5P-. The summed E-state index contributed by atoms with van der Waals surface area (Å²) in [6.07, 6.45) is 3.25. The molecule has 0 aliphatic heterocycles. The lowest BCUT2D eigenvalue weighted by Gasteiger charge is -2.24. The molecule has 0 saturated carbocycles. The first-order valence-corrected chi connectivity index (χ1v) is 8.62. The summed E-state index contributed by atoms with van der Waals surface area (Å²) >= 11 is 0. The smallest absolute Gasteiger partial charge is 0.268 e. The molecule has 20 heavy (non-hydrogen) atoms. The van der Waals surface area contributed by atoms with E-state index in [1.807, 2.05) is 13.8 Å². The van der Waals surface area contributed by atoms with Crippen LogP contribution in [0, 0.1) is 0 Å². The van der Waals surface area contributed by atoms with Gasteiger partial charge >= 0.3 is 0 Å². The number of nitrogens with one attached hydrogen (secondary N) is 1. The highest BCUT2D eigenvalue weighted by Gasteiger charge is 2.11. The zero-order valence-electron chi connectivity index (χ0n) is 12.9. The molecule has 0 aromatic heterocycles. The van der Waals surface area contributed by atoms with Crippen LogP contribution in [-0.4, -0.2) is 24.7 Å². The number of phosphoric ester groups is 1. The number of hydrogen-bond donors (Lipinski definition) is 1. The maximum absolute atomic E-state index is 11.3. The summed E-state index contributed by atoms with van der Waals surface area (Å²) in [7, 11) is -4.15. The second-order valence-electron chi connectivity index (χ2n) is 5.32. The molecule has 1 atom stereocenters. The molecular weight excluding hydrogens is 281 g/mol. The molecule has 6 nitrogen and oxygen atoms in total. The highest BCUT2D eigenvalue weighted by molar-refractivity contribution is 7.45. The Hall–Kier alpha value is -0.420. The van der Waals surface area contributed by atoms with Gasteiger partial charge in [-0.05, 0) is 40.5 Å². The lowest BCUT2D eigenvalue weighted by atomic mass is 10.1. The number of amides is 1. The average Bonchev–Trinajstić information content (AvgIpc) is 2.24. The van der Waals surface area contributed by atoms with Crippen molar-refractivity contribution in [2.24, 2.45) is 0 Å². The summed E-state index contributed by atoms with van der Waals surface area (Å²) < 4.78 is 20.6. The lowest BCUT2D eigenvalue weighted by molar-refractivity contribution is -0.228. The van der Waals surface area contributed by atoms with Gasteiger partial charge in [0, 0.05) is 12.5 Å². The van der Waals surface area contributed by atoms with Gasteiger partial charge in [0.15, 0.2) is 0 Å². The predicted molar refractivity (Wildman–Crippen MR) is 76.1 cm³/mol. The molecule has 0 rings (SSSR count). The fraction of sp³-hybridized carbons (Fsp3) is 0.923. The van der Waals surface area contributed by atoms with E-state index in [2.05, 4.69) is 9.84 Å². The molecule has 0 spiro atoms. The average molecular weight is 308 g/mol. The fourth-order valence-corrected chi connectivity index (χ4v) is 2.53. The molecule has 0 aromatic rings. The van der Waals surface area contributed by atoms with Gasteiger partial charge in [-0.2, -0.15) is 0 Å². The summed E-state index contributed by atoms with van der Waals surface area (Å²) in [6.45, 7) is 7.25. The van der Waals surface area contributed by atoms with Crippen LogP contribution in [0.5, 0.6) is 0 Å². The van der Waals surface area contributed by atoms with Crippen LogP contribution in [-0.2, 0) is 18.4 Å². The number of unbranched alkanes of at least 4 members (excludes halogenated alkanes) is 3. The van der Waals surface area contributed by atoms with Gasteiger partial charge in [-0.3, -0.25) is 9.36 Å². The van der Waals surface area contributed by atoms with Crippen molar-refractivity contribution < 1.29 is 23.3 Å². The van der Waals surface area contributed by atoms with Gasteiger partial charge in [0.25, 0.3) is 7.82 Å². The van der Waals surface area contributed by atoms with Gasteiger partial charge < -0.3 is 19.3 Å². The van der Waals surface area contributed by atoms with E-state index >= 15 is 0 Å². The monoisotopic (exact) mass is 308 g/mol. The van der Waals surface area contributed by atoms with Crippen molar-refractivity contribution in [3.63, 3.8) is 0 Å². The first-order valence-electron chi connectivity index (χ1n) is 7.16. The molecule has 0 heterocycles. The van der Waals surface area contributed by atoms with Gasteiger partial charge in [0.1, 0.15) is 0 Å². The van der Waals surface area contributed by atoms with Crippen LogP contribution in [0.2, 0.25) is 0 Å². The minimum atomic E-state index is -4.15. The van der Waals surface area contributed by atoms with Crippen LogP contribution in [0.25, 0.3) is 0 Å². The van der Waals surface area contributed by atoms with Crippen LogP contribution in [0.1, 0.15) is 59.8 Å². The quantitative estimate of drug-likeness (QED) is 0.467. The molecule has 0 aromatic carbocycles. The van der Waals surface area contributed by atoms with E-state index in [4.69, 9.17) is 4.52 Å². The molecule has 7 heteroatoms.